The molecule has 2 atom stereocenters. The van der Waals surface area contributed by atoms with Gasteiger partial charge in [-0.2, -0.15) is 0 Å². The van der Waals surface area contributed by atoms with Crippen LogP contribution in [-0.2, 0) is 32.3 Å². The van der Waals surface area contributed by atoms with Crippen LogP contribution in [0.1, 0.15) is 51.0 Å². The summed E-state index contributed by atoms with van der Waals surface area (Å²) in [5.41, 5.74) is 6.90. The smallest absolute Gasteiger partial charge is 0.493 e. The largest absolute Gasteiger partial charge is 0.573 e. The third-order valence-corrected chi connectivity index (χ3v) is 11.2. The zero-order valence-corrected chi connectivity index (χ0v) is 32.6. The van der Waals surface area contributed by atoms with Crippen LogP contribution in [0, 0.1) is 0 Å². The highest BCUT2D eigenvalue weighted by atomic mass is 19.4. The summed E-state index contributed by atoms with van der Waals surface area (Å²) in [6.07, 6.45) is -1.94. The minimum Gasteiger partial charge on any atom is -0.493 e. The van der Waals surface area contributed by atoms with Gasteiger partial charge in [-0.25, -0.2) is 0 Å². The number of methoxy groups -OCH3 is 3. The quantitative estimate of drug-likeness (QED) is 0.161. The minimum absolute atomic E-state index is 0.0458. The standard InChI is InChI=1S/C45H45F3N2O7/c1-49-17-15-30-23-38(52-4)40-25-34(30)35(49)20-27-9-12-32(13-10-27)55-39-22-28(11-14-37(39)51-3)21-36-42-31(16-18-50(36)2)24-41(53-5)43(44(42)56-40)54-26-29-7-6-8-33(19-29)57-45(46,47)48/h6-14,19,22-25,35-36H,15-18,20-21,26H2,1-5H3. The number of likely N-dealkylation sites (N-methyl/N-ethyl adjacent to an activating group) is 2. The van der Waals surface area contributed by atoms with Gasteiger partial charge in [0.15, 0.2) is 34.5 Å². The number of ether oxygens (including phenoxy) is 7. The topological polar surface area (TPSA) is 71.1 Å². The Kier molecular flexibility index (Phi) is 10.6. The molecule has 0 aromatic heterocycles. The van der Waals surface area contributed by atoms with Gasteiger partial charge in [-0.15, -0.1) is 13.2 Å². The fourth-order valence-corrected chi connectivity index (χ4v) is 8.21. The molecule has 5 aromatic rings. The first kappa shape index (κ1) is 38.3. The van der Waals surface area contributed by atoms with Crippen molar-refractivity contribution in [3.05, 3.63) is 124 Å². The van der Waals surface area contributed by atoms with Crippen LogP contribution in [0.5, 0.6) is 51.7 Å². The summed E-state index contributed by atoms with van der Waals surface area (Å²) in [7, 11) is 9.06. The molecular formula is C45H45F3N2O7. The lowest BCUT2D eigenvalue weighted by molar-refractivity contribution is -0.274. The zero-order chi connectivity index (χ0) is 39.8. The molecule has 0 radical (unpaired) electrons. The summed E-state index contributed by atoms with van der Waals surface area (Å²) in [5, 5.41) is 0. The fraction of sp³-hybridized carbons (Fsp3) is 0.333. The van der Waals surface area contributed by atoms with Crippen molar-refractivity contribution >= 4 is 0 Å². The Morgan fingerprint density at radius 2 is 1.35 bits per heavy atom. The van der Waals surface area contributed by atoms with Gasteiger partial charge >= 0.3 is 6.36 Å². The van der Waals surface area contributed by atoms with Crippen molar-refractivity contribution in [2.75, 3.05) is 48.5 Å². The molecular weight excluding hydrogens is 737 g/mol. The van der Waals surface area contributed by atoms with E-state index in [1.165, 1.54) is 23.8 Å². The SMILES string of the molecule is COc1ccc2cc1Oc1ccc(cc1)CC1c3cc(c(OC)cc3CCN1C)Oc1c(OCc3cccc(OC(F)(F)F)c3)c(OC)cc3c1C(C2)N(C)CC3. The van der Waals surface area contributed by atoms with Crippen LogP contribution in [-0.4, -0.2) is 64.7 Å². The van der Waals surface area contributed by atoms with Crippen molar-refractivity contribution in [1.29, 1.82) is 0 Å². The molecule has 2 unspecified atom stereocenters. The molecule has 12 heteroatoms. The summed E-state index contributed by atoms with van der Waals surface area (Å²) >= 11 is 0. The van der Waals surface area contributed by atoms with Crippen molar-refractivity contribution in [2.45, 2.75) is 50.7 Å². The number of benzene rings is 5. The predicted molar refractivity (Wildman–Crippen MR) is 209 cm³/mol. The predicted octanol–water partition coefficient (Wildman–Crippen LogP) is 9.63. The first-order valence-corrected chi connectivity index (χ1v) is 18.9. The second kappa shape index (κ2) is 15.7. The second-order valence-corrected chi connectivity index (χ2v) is 14.7. The molecule has 298 valence electrons. The molecule has 5 aromatic carbocycles. The normalized spacial score (nSPS) is 18.0. The van der Waals surface area contributed by atoms with Crippen LogP contribution in [0.3, 0.4) is 0 Å². The van der Waals surface area contributed by atoms with Crippen LogP contribution in [0.4, 0.5) is 13.2 Å². The molecule has 0 N–H and O–H groups in total. The van der Waals surface area contributed by atoms with Gasteiger partial charge in [-0.05, 0) is 128 Å². The zero-order valence-electron chi connectivity index (χ0n) is 32.6. The molecule has 0 saturated carbocycles. The number of hydrogen-bond donors (Lipinski definition) is 0. The molecule has 0 spiro atoms. The molecule has 6 bridgehead atoms. The third kappa shape index (κ3) is 8.01. The number of nitrogens with zero attached hydrogens (tertiary/aromatic N) is 2. The van der Waals surface area contributed by atoms with E-state index >= 15 is 0 Å². The number of fused-ring (bicyclic) bond motifs is 2. The van der Waals surface area contributed by atoms with Gasteiger partial charge in [-0.3, -0.25) is 9.80 Å². The fourth-order valence-electron chi connectivity index (χ4n) is 8.21. The average molecular weight is 783 g/mol. The lowest BCUT2D eigenvalue weighted by Crippen LogP contribution is -2.34. The Labute approximate surface area is 330 Å². The maximum absolute atomic E-state index is 13.1. The number of rotatable bonds is 7. The van der Waals surface area contributed by atoms with Crippen molar-refractivity contribution in [3.63, 3.8) is 0 Å². The summed E-state index contributed by atoms with van der Waals surface area (Å²) in [4.78, 5) is 4.65. The van der Waals surface area contributed by atoms with Gasteiger partial charge in [0, 0.05) is 30.7 Å². The lowest BCUT2D eigenvalue weighted by Gasteiger charge is -2.37. The van der Waals surface area contributed by atoms with Crippen LogP contribution in [0.2, 0.25) is 0 Å². The lowest BCUT2D eigenvalue weighted by atomic mass is 9.87. The molecule has 0 amide bonds. The minimum atomic E-state index is -4.83. The number of alkyl halides is 3. The Hall–Kier alpha value is -5.59. The molecule has 4 heterocycles. The van der Waals surface area contributed by atoms with Crippen LogP contribution >= 0.6 is 0 Å². The van der Waals surface area contributed by atoms with Crippen LogP contribution in [0.15, 0.2) is 84.9 Å². The van der Waals surface area contributed by atoms with Gasteiger partial charge in [0.2, 0.25) is 5.75 Å². The maximum Gasteiger partial charge on any atom is 0.573 e. The molecule has 4 aliphatic rings. The highest BCUT2D eigenvalue weighted by Crippen LogP contribution is 2.52. The Balaban J connectivity index is 1.31. The second-order valence-electron chi connectivity index (χ2n) is 14.7. The van der Waals surface area contributed by atoms with Gasteiger partial charge in [0.25, 0.3) is 0 Å². The molecule has 0 fully saturated rings. The first-order valence-electron chi connectivity index (χ1n) is 18.9. The molecule has 0 saturated heterocycles. The van der Waals surface area contributed by atoms with Gasteiger partial charge < -0.3 is 33.2 Å². The third-order valence-electron chi connectivity index (χ3n) is 11.2. The van der Waals surface area contributed by atoms with Crippen LogP contribution < -0.4 is 33.2 Å². The maximum atomic E-state index is 13.1. The van der Waals surface area contributed by atoms with Crippen molar-refractivity contribution in [2.24, 2.45) is 0 Å². The molecule has 9 rings (SSSR count). The first-order chi connectivity index (χ1) is 27.5. The number of hydrogen-bond acceptors (Lipinski definition) is 9. The van der Waals surface area contributed by atoms with E-state index in [-0.39, 0.29) is 24.4 Å². The monoisotopic (exact) mass is 782 g/mol. The Morgan fingerprint density at radius 1 is 0.684 bits per heavy atom. The van der Waals surface area contributed by atoms with Crippen molar-refractivity contribution in [1.82, 2.24) is 9.80 Å². The summed E-state index contributed by atoms with van der Waals surface area (Å²) in [5.74, 6) is 3.89. The van der Waals surface area contributed by atoms with E-state index < -0.39 is 6.36 Å². The number of halogens is 3. The van der Waals surface area contributed by atoms with E-state index in [0.717, 1.165) is 53.7 Å². The van der Waals surface area contributed by atoms with Crippen molar-refractivity contribution < 1.29 is 46.3 Å². The van der Waals surface area contributed by atoms with Crippen molar-refractivity contribution in [3.8, 4) is 51.7 Å². The summed E-state index contributed by atoms with van der Waals surface area (Å²) in [6, 6.07) is 25.9. The summed E-state index contributed by atoms with van der Waals surface area (Å²) < 4.78 is 81.5. The van der Waals surface area contributed by atoms with Gasteiger partial charge in [0.1, 0.15) is 18.1 Å². The van der Waals surface area contributed by atoms with E-state index in [1.807, 2.05) is 36.4 Å². The van der Waals surface area contributed by atoms with Gasteiger partial charge in [0.05, 0.1) is 21.3 Å². The van der Waals surface area contributed by atoms with E-state index in [1.54, 1.807) is 27.4 Å². The molecule has 0 aliphatic carbocycles. The van der Waals surface area contributed by atoms with E-state index in [2.05, 4.69) is 52.9 Å². The Morgan fingerprint density at radius 3 is 2.09 bits per heavy atom. The van der Waals surface area contributed by atoms with E-state index in [0.29, 0.717) is 64.4 Å². The molecule has 9 nitrogen and oxygen atoms in total. The average Bonchev–Trinajstić information content (AvgIpc) is 3.19. The Bertz CT molecular complexity index is 2260. The van der Waals surface area contributed by atoms with E-state index in [4.69, 9.17) is 28.4 Å². The molecule has 4 aliphatic heterocycles. The highest BCUT2D eigenvalue weighted by molar-refractivity contribution is 5.64. The van der Waals surface area contributed by atoms with Gasteiger partial charge in [-0.1, -0.05) is 30.3 Å². The summed E-state index contributed by atoms with van der Waals surface area (Å²) in [6.45, 7) is 1.56. The highest BCUT2D eigenvalue weighted by Gasteiger charge is 2.35. The van der Waals surface area contributed by atoms with E-state index in [9.17, 15) is 13.2 Å². The van der Waals surface area contributed by atoms with Crippen LogP contribution in [0.25, 0.3) is 0 Å². The molecule has 57 heavy (non-hydrogen) atoms.